The highest BCUT2D eigenvalue weighted by Gasteiger charge is 2.28. The molecule has 0 unspecified atom stereocenters. The summed E-state index contributed by atoms with van der Waals surface area (Å²) in [6.45, 7) is 6.15. The highest BCUT2D eigenvalue weighted by Crippen LogP contribution is 2.36. The van der Waals surface area contributed by atoms with E-state index in [1.165, 1.54) is 18.3 Å². The molecule has 38 heavy (non-hydrogen) atoms. The number of fused-ring (bicyclic) bond motifs is 1. The van der Waals surface area contributed by atoms with Crippen molar-refractivity contribution >= 4 is 32.8 Å². The number of carbonyl (C=O) groups is 2. The minimum Gasteiger partial charge on any atom is -0.490 e. The minimum atomic E-state index is -4.53. The van der Waals surface area contributed by atoms with Gasteiger partial charge >= 0.3 is 6.09 Å². The highest BCUT2D eigenvalue weighted by molar-refractivity contribution is 7.89. The van der Waals surface area contributed by atoms with Crippen molar-refractivity contribution in [3.05, 3.63) is 54.0 Å². The van der Waals surface area contributed by atoms with Crippen LogP contribution in [0, 0.1) is 5.82 Å². The van der Waals surface area contributed by atoms with Gasteiger partial charge in [-0.05, 0) is 32.0 Å². The Hall–Kier alpha value is -3.57. The second-order valence-corrected chi connectivity index (χ2v) is 10.9. The standard InChI is InChI=1S/C27H30FN3O6S/c1-4-22(32)20-9-8-18(24(28)26(20)38(29,34)35)19-6-5-7-21-23(10-13-30-25(19)21)37-17-11-14-31(15-12-17)27(33)36-16(2)3/h5-10,13,16-17H,4,11-12,14-15H2,1-3H3,(H2,29,34,35). The van der Waals surface area contributed by atoms with Crippen LogP contribution in [-0.2, 0) is 14.8 Å². The number of likely N-dealkylation sites (tertiary alicyclic amines) is 1. The van der Waals surface area contributed by atoms with E-state index in [0.717, 1.165) is 0 Å². The van der Waals surface area contributed by atoms with Crippen molar-refractivity contribution in [2.45, 2.75) is 57.1 Å². The Bertz CT molecular complexity index is 1480. The van der Waals surface area contributed by atoms with Crippen LogP contribution in [0.25, 0.3) is 22.0 Å². The van der Waals surface area contributed by atoms with Crippen molar-refractivity contribution in [1.82, 2.24) is 9.88 Å². The maximum atomic E-state index is 15.7. The van der Waals surface area contributed by atoms with Crippen LogP contribution in [0.3, 0.4) is 0 Å². The Morgan fingerprint density at radius 3 is 2.47 bits per heavy atom. The first-order valence-electron chi connectivity index (χ1n) is 12.4. The molecule has 4 rings (SSSR count). The average molecular weight is 544 g/mol. The van der Waals surface area contributed by atoms with E-state index in [9.17, 15) is 18.0 Å². The number of hydrogen-bond donors (Lipinski definition) is 1. The van der Waals surface area contributed by atoms with Gasteiger partial charge in [0.15, 0.2) is 11.6 Å². The summed E-state index contributed by atoms with van der Waals surface area (Å²) in [5, 5.41) is 5.91. The van der Waals surface area contributed by atoms with Gasteiger partial charge in [0.2, 0.25) is 10.0 Å². The molecule has 1 aliphatic rings. The van der Waals surface area contributed by atoms with Gasteiger partial charge in [0.05, 0.1) is 11.6 Å². The number of nitrogens with zero attached hydrogens (tertiary/aromatic N) is 2. The lowest BCUT2D eigenvalue weighted by atomic mass is 9.98. The van der Waals surface area contributed by atoms with Gasteiger partial charge in [-0.25, -0.2) is 22.7 Å². The monoisotopic (exact) mass is 543 g/mol. The second kappa shape index (κ2) is 11.0. The summed E-state index contributed by atoms with van der Waals surface area (Å²) in [7, 11) is -4.53. The zero-order valence-electron chi connectivity index (χ0n) is 21.4. The van der Waals surface area contributed by atoms with E-state index >= 15 is 4.39 Å². The van der Waals surface area contributed by atoms with Gasteiger partial charge in [-0.3, -0.25) is 9.78 Å². The Morgan fingerprint density at radius 2 is 1.84 bits per heavy atom. The normalized spacial score (nSPS) is 14.6. The van der Waals surface area contributed by atoms with Crippen molar-refractivity contribution in [2.75, 3.05) is 13.1 Å². The molecular weight excluding hydrogens is 513 g/mol. The van der Waals surface area contributed by atoms with Gasteiger partial charge in [0.25, 0.3) is 0 Å². The number of rotatable bonds is 7. The second-order valence-electron chi connectivity index (χ2n) is 9.37. The third-order valence-electron chi connectivity index (χ3n) is 6.35. The van der Waals surface area contributed by atoms with Crippen molar-refractivity contribution in [1.29, 1.82) is 0 Å². The molecule has 0 saturated carbocycles. The number of pyridine rings is 1. The lowest BCUT2D eigenvalue weighted by Crippen LogP contribution is -2.42. The summed E-state index contributed by atoms with van der Waals surface area (Å²) in [6.07, 6.45) is 2.05. The Balaban J connectivity index is 1.67. The fourth-order valence-corrected chi connectivity index (χ4v) is 5.38. The van der Waals surface area contributed by atoms with Gasteiger partial charge in [-0.2, -0.15) is 0 Å². The summed E-state index contributed by atoms with van der Waals surface area (Å²) in [6, 6.07) is 9.44. The predicted octanol–water partition coefficient (Wildman–Crippen LogP) is 4.67. The number of carbonyl (C=O) groups excluding carboxylic acids is 2. The molecule has 1 aromatic heterocycles. The lowest BCUT2D eigenvalue weighted by molar-refractivity contribution is 0.0520. The van der Waals surface area contributed by atoms with Crippen LogP contribution in [0.4, 0.5) is 9.18 Å². The third-order valence-corrected chi connectivity index (χ3v) is 7.32. The molecule has 202 valence electrons. The van der Waals surface area contributed by atoms with E-state index in [1.54, 1.807) is 49.9 Å². The molecule has 9 nitrogen and oxygen atoms in total. The van der Waals surface area contributed by atoms with Crippen LogP contribution >= 0.6 is 0 Å². The number of para-hydroxylation sites is 1. The topological polar surface area (TPSA) is 129 Å². The number of hydrogen-bond acceptors (Lipinski definition) is 7. The molecule has 3 aromatic rings. The first kappa shape index (κ1) is 27.5. The third kappa shape index (κ3) is 5.63. The zero-order valence-corrected chi connectivity index (χ0v) is 22.3. The molecule has 1 saturated heterocycles. The van der Waals surface area contributed by atoms with E-state index in [0.29, 0.717) is 48.1 Å². The number of sulfonamides is 1. The van der Waals surface area contributed by atoms with E-state index in [1.807, 2.05) is 0 Å². The zero-order chi connectivity index (χ0) is 27.6. The summed E-state index contributed by atoms with van der Waals surface area (Å²) in [5.74, 6) is -1.10. The van der Waals surface area contributed by atoms with E-state index in [2.05, 4.69) is 4.98 Å². The van der Waals surface area contributed by atoms with Crippen LogP contribution in [0.5, 0.6) is 5.75 Å². The largest absolute Gasteiger partial charge is 0.490 e. The number of primary sulfonamides is 1. The van der Waals surface area contributed by atoms with Crippen LogP contribution in [-0.4, -0.2) is 55.5 Å². The van der Waals surface area contributed by atoms with Gasteiger partial charge in [0.1, 0.15) is 16.7 Å². The Morgan fingerprint density at radius 1 is 1.13 bits per heavy atom. The fraction of sp³-hybridized carbons (Fsp3) is 0.370. The number of ketones is 1. The number of ether oxygens (including phenoxy) is 2. The molecule has 0 atom stereocenters. The number of amides is 1. The SMILES string of the molecule is CCC(=O)c1ccc(-c2cccc3c(OC4CCN(C(=O)OC(C)C)CC4)ccnc23)c(F)c1S(N)(=O)=O. The Labute approximate surface area is 220 Å². The summed E-state index contributed by atoms with van der Waals surface area (Å²) in [5.41, 5.74) is 0.403. The lowest BCUT2D eigenvalue weighted by Gasteiger charge is -2.32. The maximum absolute atomic E-state index is 15.7. The van der Waals surface area contributed by atoms with Crippen molar-refractivity contribution < 1.29 is 31.9 Å². The molecular formula is C27H30FN3O6S. The highest BCUT2D eigenvalue weighted by atomic mass is 32.2. The molecule has 2 aromatic carbocycles. The maximum Gasteiger partial charge on any atom is 0.410 e. The fourth-order valence-electron chi connectivity index (χ4n) is 4.54. The summed E-state index contributed by atoms with van der Waals surface area (Å²) in [4.78, 5) is 29.7. The van der Waals surface area contributed by atoms with Gasteiger partial charge in [0, 0.05) is 60.6 Å². The van der Waals surface area contributed by atoms with Crippen molar-refractivity contribution in [3.63, 3.8) is 0 Å². The van der Waals surface area contributed by atoms with E-state index < -0.39 is 26.5 Å². The average Bonchev–Trinajstić information content (AvgIpc) is 2.87. The molecule has 2 N–H and O–H groups in total. The number of halogens is 1. The van der Waals surface area contributed by atoms with Crippen molar-refractivity contribution in [2.24, 2.45) is 5.14 Å². The molecule has 0 aliphatic carbocycles. The molecule has 1 amide bonds. The Kier molecular flexibility index (Phi) is 7.98. The molecule has 1 aliphatic heterocycles. The molecule has 0 radical (unpaired) electrons. The number of piperidine rings is 1. The van der Waals surface area contributed by atoms with Gasteiger partial charge in [-0.1, -0.05) is 25.1 Å². The minimum absolute atomic E-state index is 0.00430. The number of benzene rings is 2. The predicted molar refractivity (Wildman–Crippen MR) is 140 cm³/mol. The molecule has 0 bridgehead atoms. The summed E-state index contributed by atoms with van der Waals surface area (Å²) < 4.78 is 51.7. The first-order valence-corrected chi connectivity index (χ1v) is 13.9. The number of nitrogens with two attached hydrogens (primary N) is 1. The molecule has 11 heteroatoms. The van der Waals surface area contributed by atoms with Crippen LogP contribution in [0.15, 0.2) is 47.5 Å². The van der Waals surface area contributed by atoms with Crippen LogP contribution in [0.1, 0.15) is 50.4 Å². The van der Waals surface area contributed by atoms with Gasteiger partial charge < -0.3 is 14.4 Å². The van der Waals surface area contributed by atoms with E-state index in [-0.39, 0.29) is 35.8 Å². The quantitative estimate of drug-likeness (QED) is 0.429. The van der Waals surface area contributed by atoms with E-state index in [4.69, 9.17) is 14.6 Å². The molecule has 2 heterocycles. The summed E-state index contributed by atoms with van der Waals surface area (Å²) >= 11 is 0. The number of aromatic nitrogens is 1. The molecule has 0 spiro atoms. The van der Waals surface area contributed by atoms with Crippen molar-refractivity contribution in [3.8, 4) is 16.9 Å². The molecule has 1 fully saturated rings. The smallest absolute Gasteiger partial charge is 0.410 e. The van der Waals surface area contributed by atoms with Crippen LogP contribution < -0.4 is 9.88 Å². The van der Waals surface area contributed by atoms with Gasteiger partial charge in [-0.15, -0.1) is 0 Å². The first-order chi connectivity index (χ1) is 18.0. The number of Topliss-reactive ketones (excluding diaryl/α,β-unsaturated/α-hetero) is 1. The van der Waals surface area contributed by atoms with Crippen LogP contribution in [0.2, 0.25) is 0 Å².